The fraction of sp³-hybridized carbons (Fsp3) is 0.269. The highest BCUT2D eigenvalue weighted by atomic mass is 35.5. The first-order valence-corrected chi connectivity index (χ1v) is 12.2. The third-order valence-electron chi connectivity index (χ3n) is 5.89. The Labute approximate surface area is 230 Å². The lowest BCUT2D eigenvalue weighted by atomic mass is 10.1. The zero-order valence-corrected chi connectivity index (χ0v) is 22.3. The van der Waals surface area contributed by atoms with Crippen molar-refractivity contribution >= 4 is 34.4 Å². The van der Waals surface area contributed by atoms with Crippen LogP contribution in [0.4, 0.5) is 8.78 Å². The van der Waals surface area contributed by atoms with Crippen molar-refractivity contribution in [3.8, 4) is 5.88 Å². The molecule has 0 aliphatic carbocycles. The number of hydrogen-bond donors (Lipinski definition) is 2. The van der Waals surface area contributed by atoms with Gasteiger partial charge in [0.2, 0.25) is 11.8 Å². The Morgan fingerprint density at radius 2 is 1.82 bits per heavy atom. The Morgan fingerprint density at radius 3 is 2.48 bits per heavy atom. The van der Waals surface area contributed by atoms with Crippen molar-refractivity contribution in [3.63, 3.8) is 0 Å². The van der Waals surface area contributed by atoms with Crippen LogP contribution in [0.1, 0.15) is 34.6 Å². The fourth-order valence-electron chi connectivity index (χ4n) is 3.93. The number of nitrogens with zero attached hydrogens (tertiary/aromatic N) is 4. The van der Waals surface area contributed by atoms with Crippen LogP contribution < -0.4 is 21.3 Å². The summed E-state index contributed by atoms with van der Waals surface area (Å²) in [6.07, 6.45) is 1.14. The van der Waals surface area contributed by atoms with E-state index >= 15 is 0 Å². The number of rotatable bonds is 8. The molecule has 2 heterocycles. The minimum Gasteiger partial charge on any atom is -0.471 e. The van der Waals surface area contributed by atoms with E-state index in [1.807, 2.05) is 0 Å². The number of likely N-dealkylation sites (N-methyl/N-ethyl adjacent to an activating group) is 1. The van der Waals surface area contributed by atoms with Crippen LogP contribution in [0.2, 0.25) is 5.02 Å². The molecule has 2 aromatic carbocycles. The summed E-state index contributed by atoms with van der Waals surface area (Å²) in [6, 6.07) is 7.38. The standard InChI is InChI=1S/C26H24ClF2N5O6/c1-26(2,39)24(37)34-19-8-14(4-7-18(19)33(25(34)38)20(35)10-30-3)11-32-13-31-22(21(27)23(32)36)40-12-15-5-6-16(28)9-17(15)29/h4-9,13,30,39H,10-12H2,1-3H3. The van der Waals surface area contributed by atoms with Gasteiger partial charge in [0, 0.05) is 11.6 Å². The third kappa shape index (κ3) is 5.57. The molecule has 14 heteroatoms. The summed E-state index contributed by atoms with van der Waals surface area (Å²) in [5.74, 6) is -3.40. The number of benzene rings is 2. The highest BCUT2D eigenvalue weighted by molar-refractivity contribution is 6.31. The van der Waals surface area contributed by atoms with E-state index in [2.05, 4.69) is 10.3 Å². The van der Waals surface area contributed by atoms with Crippen LogP contribution >= 0.6 is 11.6 Å². The Balaban J connectivity index is 1.69. The molecule has 0 radical (unpaired) electrons. The smallest absolute Gasteiger partial charge is 0.342 e. The van der Waals surface area contributed by atoms with Crippen molar-refractivity contribution < 1.29 is 28.2 Å². The molecule has 40 heavy (non-hydrogen) atoms. The second kappa shape index (κ2) is 11.1. The molecule has 0 fully saturated rings. The van der Waals surface area contributed by atoms with Gasteiger partial charge in [0.15, 0.2) is 5.02 Å². The Morgan fingerprint density at radius 1 is 1.10 bits per heavy atom. The number of ether oxygens (including phenoxy) is 1. The Hall–Kier alpha value is -4.20. The molecule has 0 unspecified atom stereocenters. The summed E-state index contributed by atoms with van der Waals surface area (Å²) in [4.78, 5) is 55.6. The molecule has 0 saturated carbocycles. The number of aliphatic hydroxyl groups is 1. The topological polar surface area (TPSA) is 137 Å². The van der Waals surface area contributed by atoms with Gasteiger partial charge in [0.1, 0.15) is 30.2 Å². The number of nitrogens with one attached hydrogen (secondary N) is 1. The lowest BCUT2D eigenvalue weighted by Gasteiger charge is -2.15. The molecule has 2 N–H and O–H groups in total. The van der Waals surface area contributed by atoms with Crippen LogP contribution in [-0.4, -0.2) is 54.8 Å². The van der Waals surface area contributed by atoms with Gasteiger partial charge in [-0.3, -0.25) is 19.0 Å². The van der Waals surface area contributed by atoms with Gasteiger partial charge in [-0.2, -0.15) is 0 Å². The highest BCUT2D eigenvalue weighted by Gasteiger charge is 2.31. The summed E-state index contributed by atoms with van der Waals surface area (Å²) in [5.41, 5.74) is -2.92. The van der Waals surface area contributed by atoms with Gasteiger partial charge in [-0.1, -0.05) is 17.7 Å². The van der Waals surface area contributed by atoms with E-state index in [9.17, 15) is 33.1 Å². The molecule has 210 valence electrons. The normalized spacial score (nSPS) is 11.7. The van der Waals surface area contributed by atoms with E-state index in [1.54, 1.807) is 6.07 Å². The SMILES string of the molecule is CNCC(=O)n1c(=O)n(C(=O)C(C)(C)O)c2cc(Cn3cnc(OCc4ccc(F)cc4F)c(Cl)c3=O)ccc21. The van der Waals surface area contributed by atoms with Gasteiger partial charge in [-0.05, 0) is 50.7 Å². The minimum atomic E-state index is -1.92. The number of imidazole rings is 1. The molecule has 0 spiro atoms. The molecule has 11 nitrogen and oxygen atoms in total. The predicted molar refractivity (Wildman–Crippen MR) is 141 cm³/mol. The lowest BCUT2D eigenvalue weighted by Crippen LogP contribution is -2.43. The maximum atomic E-state index is 13.9. The zero-order valence-electron chi connectivity index (χ0n) is 21.6. The van der Waals surface area contributed by atoms with E-state index in [0.717, 1.165) is 21.5 Å². The fourth-order valence-corrected chi connectivity index (χ4v) is 4.14. The first-order valence-electron chi connectivity index (χ1n) is 11.9. The maximum absolute atomic E-state index is 13.9. The number of halogens is 3. The Kier molecular flexibility index (Phi) is 8.00. The van der Waals surface area contributed by atoms with Crippen LogP contribution in [0.5, 0.6) is 5.88 Å². The van der Waals surface area contributed by atoms with Crippen molar-refractivity contribution in [1.82, 2.24) is 24.0 Å². The number of carbonyl (C=O) groups excluding carboxylic acids is 2. The van der Waals surface area contributed by atoms with Crippen LogP contribution in [0.25, 0.3) is 11.0 Å². The van der Waals surface area contributed by atoms with Crippen molar-refractivity contribution in [2.45, 2.75) is 32.6 Å². The van der Waals surface area contributed by atoms with Gasteiger partial charge < -0.3 is 15.2 Å². The van der Waals surface area contributed by atoms with Crippen molar-refractivity contribution in [2.24, 2.45) is 0 Å². The zero-order chi connectivity index (χ0) is 29.4. The summed E-state index contributed by atoms with van der Waals surface area (Å²) in [6.45, 7) is 1.79. The molecule has 0 amide bonds. The van der Waals surface area contributed by atoms with Crippen LogP contribution in [0.3, 0.4) is 0 Å². The Bertz CT molecular complexity index is 1760. The first kappa shape index (κ1) is 28.8. The lowest BCUT2D eigenvalue weighted by molar-refractivity contribution is 0.0392. The second-order valence-corrected chi connectivity index (χ2v) is 9.76. The van der Waals surface area contributed by atoms with E-state index < -0.39 is 40.3 Å². The van der Waals surface area contributed by atoms with Gasteiger partial charge >= 0.3 is 5.69 Å². The monoisotopic (exact) mass is 575 g/mol. The molecule has 0 bridgehead atoms. The molecule has 2 aromatic heterocycles. The number of fused-ring (bicyclic) bond motifs is 1. The minimum absolute atomic E-state index is 0.0311. The summed E-state index contributed by atoms with van der Waals surface area (Å²) in [7, 11) is 1.52. The first-order chi connectivity index (χ1) is 18.8. The molecule has 0 saturated heterocycles. The van der Waals surface area contributed by atoms with Gasteiger partial charge in [-0.15, -0.1) is 0 Å². The molecule has 4 rings (SSSR count). The maximum Gasteiger partial charge on any atom is 0.342 e. The van der Waals surface area contributed by atoms with Crippen molar-refractivity contribution in [3.05, 3.63) is 91.3 Å². The molecule has 0 atom stereocenters. The average molecular weight is 576 g/mol. The third-order valence-corrected chi connectivity index (χ3v) is 6.21. The van der Waals surface area contributed by atoms with Crippen molar-refractivity contribution in [2.75, 3.05) is 13.6 Å². The van der Waals surface area contributed by atoms with E-state index in [4.69, 9.17) is 16.3 Å². The molecular weight excluding hydrogens is 552 g/mol. The van der Waals surface area contributed by atoms with Gasteiger partial charge in [0.05, 0.1) is 24.1 Å². The van der Waals surface area contributed by atoms with E-state index in [1.165, 1.54) is 39.1 Å². The van der Waals surface area contributed by atoms with E-state index in [0.29, 0.717) is 16.2 Å². The number of hydrogen-bond acceptors (Lipinski definition) is 8. The molecular formula is C26H24ClF2N5O6. The van der Waals surface area contributed by atoms with Crippen LogP contribution in [-0.2, 0) is 13.2 Å². The number of carbonyl (C=O) groups is 2. The second-order valence-electron chi connectivity index (χ2n) is 9.39. The van der Waals surface area contributed by atoms with Crippen molar-refractivity contribution in [1.29, 1.82) is 0 Å². The number of aromatic nitrogens is 4. The summed E-state index contributed by atoms with van der Waals surface area (Å²) in [5, 5.41) is 12.6. The molecule has 0 aliphatic rings. The molecule has 0 aliphatic heterocycles. The van der Waals surface area contributed by atoms with Gasteiger partial charge in [-0.25, -0.2) is 27.7 Å². The van der Waals surface area contributed by atoms with E-state index in [-0.39, 0.29) is 47.2 Å². The van der Waals surface area contributed by atoms with Crippen LogP contribution in [0, 0.1) is 11.6 Å². The highest BCUT2D eigenvalue weighted by Crippen LogP contribution is 2.21. The largest absolute Gasteiger partial charge is 0.471 e. The van der Waals surface area contributed by atoms with Gasteiger partial charge in [0.25, 0.3) is 11.5 Å². The quantitative estimate of drug-likeness (QED) is 0.326. The summed E-state index contributed by atoms with van der Waals surface area (Å²) >= 11 is 6.16. The van der Waals surface area contributed by atoms with Crippen LogP contribution in [0.15, 0.2) is 52.3 Å². The average Bonchev–Trinajstić information content (AvgIpc) is 3.17. The summed E-state index contributed by atoms with van der Waals surface area (Å²) < 4.78 is 35.0. The molecule has 4 aromatic rings. The predicted octanol–water partition coefficient (Wildman–Crippen LogP) is 2.19.